The fourth-order valence-corrected chi connectivity index (χ4v) is 3.90. The van der Waals surface area contributed by atoms with Crippen LogP contribution < -0.4 is 10.1 Å². The molecule has 4 aromatic rings. The van der Waals surface area contributed by atoms with Crippen LogP contribution in [0, 0.1) is 11.7 Å². The van der Waals surface area contributed by atoms with Gasteiger partial charge in [0.2, 0.25) is 17.8 Å². The Bertz CT molecular complexity index is 1340. The number of carbonyl (C=O) groups is 2. The summed E-state index contributed by atoms with van der Waals surface area (Å²) in [6.45, 7) is 0.0590. The van der Waals surface area contributed by atoms with Gasteiger partial charge in [0, 0.05) is 23.4 Å². The molecule has 0 atom stereocenters. The zero-order valence-electron chi connectivity index (χ0n) is 19.7. The zero-order valence-corrected chi connectivity index (χ0v) is 19.7. The summed E-state index contributed by atoms with van der Waals surface area (Å²) in [5.74, 6) is 0.693. The Hall–Kier alpha value is -4.40. The average molecular weight is 489 g/mol. The average Bonchev–Trinajstić information content (AvgIpc) is 3.46. The van der Waals surface area contributed by atoms with Crippen molar-refractivity contribution < 1.29 is 23.1 Å². The number of aromatic nitrogens is 2. The minimum Gasteiger partial charge on any atom is -0.497 e. The van der Waals surface area contributed by atoms with E-state index < -0.39 is 5.91 Å². The maximum Gasteiger partial charge on any atom is 0.246 e. The summed E-state index contributed by atoms with van der Waals surface area (Å²) in [5.41, 5.74) is 2.05. The van der Waals surface area contributed by atoms with Crippen molar-refractivity contribution in [3.8, 4) is 22.7 Å². The van der Waals surface area contributed by atoms with Crippen molar-refractivity contribution in [3.05, 3.63) is 84.7 Å². The van der Waals surface area contributed by atoms with E-state index in [0.29, 0.717) is 22.9 Å². The van der Waals surface area contributed by atoms with Crippen molar-refractivity contribution in [3.63, 3.8) is 0 Å². The minimum atomic E-state index is -0.397. The molecule has 1 saturated carbocycles. The van der Waals surface area contributed by atoms with E-state index in [9.17, 15) is 14.0 Å². The van der Waals surface area contributed by atoms with Gasteiger partial charge >= 0.3 is 0 Å². The van der Waals surface area contributed by atoms with Gasteiger partial charge in [0.25, 0.3) is 0 Å². The number of amides is 2. The van der Waals surface area contributed by atoms with E-state index in [1.807, 2.05) is 24.3 Å². The molecular formula is C27H25FN4O4. The zero-order chi connectivity index (χ0) is 25.1. The van der Waals surface area contributed by atoms with Gasteiger partial charge in [0.05, 0.1) is 25.6 Å². The molecule has 9 heteroatoms. The van der Waals surface area contributed by atoms with Gasteiger partial charge in [-0.15, -0.1) is 0 Å². The van der Waals surface area contributed by atoms with Gasteiger partial charge in [-0.3, -0.25) is 19.5 Å². The predicted molar refractivity (Wildman–Crippen MR) is 131 cm³/mol. The van der Waals surface area contributed by atoms with Gasteiger partial charge in [-0.1, -0.05) is 0 Å². The Kier molecular flexibility index (Phi) is 6.53. The van der Waals surface area contributed by atoms with Crippen LogP contribution in [0.5, 0.6) is 5.75 Å². The molecule has 1 aliphatic rings. The molecule has 2 aromatic heterocycles. The number of anilines is 1. The Morgan fingerprint density at radius 1 is 1.14 bits per heavy atom. The fraction of sp³-hybridized carbons (Fsp3) is 0.222. The van der Waals surface area contributed by atoms with Crippen molar-refractivity contribution in [2.45, 2.75) is 19.4 Å². The number of imidazole rings is 1. The van der Waals surface area contributed by atoms with Crippen LogP contribution in [-0.2, 0) is 16.1 Å². The predicted octanol–water partition coefficient (Wildman–Crippen LogP) is 4.66. The highest BCUT2D eigenvalue weighted by molar-refractivity contribution is 5.94. The van der Waals surface area contributed by atoms with Crippen LogP contribution in [0.15, 0.2) is 77.5 Å². The molecule has 0 aliphatic heterocycles. The summed E-state index contributed by atoms with van der Waals surface area (Å²) in [4.78, 5) is 32.0. The van der Waals surface area contributed by atoms with Crippen molar-refractivity contribution in [2.75, 3.05) is 19.0 Å². The first-order valence-corrected chi connectivity index (χ1v) is 11.6. The van der Waals surface area contributed by atoms with Gasteiger partial charge in [-0.25, -0.2) is 9.37 Å². The summed E-state index contributed by atoms with van der Waals surface area (Å²) < 4.78 is 25.8. The molecule has 2 heterocycles. The molecule has 0 saturated heterocycles. The first kappa shape index (κ1) is 23.3. The Morgan fingerprint density at radius 2 is 1.89 bits per heavy atom. The molecule has 0 spiro atoms. The van der Waals surface area contributed by atoms with E-state index in [4.69, 9.17) is 9.15 Å². The lowest BCUT2D eigenvalue weighted by Crippen LogP contribution is -2.38. The van der Waals surface area contributed by atoms with E-state index in [0.717, 1.165) is 18.4 Å². The largest absolute Gasteiger partial charge is 0.497 e. The number of hydrogen-bond acceptors (Lipinski definition) is 5. The van der Waals surface area contributed by atoms with Crippen LogP contribution in [0.4, 0.5) is 10.3 Å². The molecule has 1 N–H and O–H groups in total. The summed E-state index contributed by atoms with van der Waals surface area (Å²) in [7, 11) is 1.59. The number of rotatable bonds is 9. The summed E-state index contributed by atoms with van der Waals surface area (Å²) in [6, 6.07) is 16.8. The monoisotopic (exact) mass is 488 g/mol. The maximum absolute atomic E-state index is 13.5. The second-order valence-corrected chi connectivity index (χ2v) is 8.62. The fourth-order valence-electron chi connectivity index (χ4n) is 3.90. The first-order valence-electron chi connectivity index (χ1n) is 11.6. The highest BCUT2D eigenvalue weighted by atomic mass is 19.1. The number of hydrogen-bond donors (Lipinski definition) is 1. The van der Waals surface area contributed by atoms with Crippen molar-refractivity contribution in [1.82, 2.24) is 14.5 Å². The van der Waals surface area contributed by atoms with E-state index >= 15 is 0 Å². The lowest BCUT2D eigenvalue weighted by atomic mass is 10.1. The molecule has 36 heavy (non-hydrogen) atoms. The molecule has 1 fully saturated rings. The second-order valence-electron chi connectivity index (χ2n) is 8.62. The third-order valence-electron chi connectivity index (χ3n) is 5.95. The summed E-state index contributed by atoms with van der Waals surface area (Å²) >= 11 is 0. The lowest BCUT2D eigenvalue weighted by Gasteiger charge is -2.21. The third-order valence-corrected chi connectivity index (χ3v) is 5.95. The van der Waals surface area contributed by atoms with Crippen molar-refractivity contribution >= 4 is 17.8 Å². The molecule has 2 amide bonds. The number of ether oxygens (including phenoxy) is 1. The SMILES string of the molecule is COc1ccc(-c2cn(-c3ccc(F)cc3)c(NC(=O)CN(Cc3ccco3)C(=O)C3CC3)n2)cc1. The van der Waals surface area contributed by atoms with E-state index in [2.05, 4.69) is 10.3 Å². The van der Waals surface area contributed by atoms with E-state index in [1.54, 1.807) is 42.1 Å². The van der Waals surface area contributed by atoms with Gasteiger partial charge in [0.1, 0.15) is 23.9 Å². The topological polar surface area (TPSA) is 89.6 Å². The Labute approximate surface area is 207 Å². The molecule has 184 valence electrons. The lowest BCUT2D eigenvalue weighted by molar-refractivity contribution is -0.136. The summed E-state index contributed by atoms with van der Waals surface area (Å²) in [5, 5.41) is 2.83. The van der Waals surface area contributed by atoms with Gasteiger partial charge < -0.3 is 14.1 Å². The third kappa shape index (κ3) is 5.30. The second kappa shape index (κ2) is 10.1. The Balaban J connectivity index is 1.41. The number of nitrogens with one attached hydrogen (secondary N) is 1. The number of furan rings is 1. The molecule has 0 bridgehead atoms. The van der Waals surface area contributed by atoms with Crippen LogP contribution in [0.2, 0.25) is 0 Å². The van der Waals surface area contributed by atoms with E-state index in [-0.39, 0.29) is 36.7 Å². The normalized spacial score (nSPS) is 12.8. The Morgan fingerprint density at radius 3 is 2.53 bits per heavy atom. The van der Waals surface area contributed by atoms with Crippen LogP contribution in [0.1, 0.15) is 18.6 Å². The molecule has 1 aliphatic carbocycles. The van der Waals surface area contributed by atoms with Gasteiger partial charge in [-0.2, -0.15) is 0 Å². The van der Waals surface area contributed by atoms with Crippen molar-refractivity contribution in [2.24, 2.45) is 5.92 Å². The first-order chi connectivity index (χ1) is 17.5. The molecule has 0 radical (unpaired) electrons. The number of carbonyl (C=O) groups excluding carboxylic acids is 2. The summed E-state index contributed by atoms with van der Waals surface area (Å²) in [6.07, 6.45) is 4.96. The van der Waals surface area contributed by atoms with E-state index in [1.165, 1.54) is 23.3 Å². The quantitative estimate of drug-likeness (QED) is 0.370. The number of benzene rings is 2. The number of methoxy groups -OCH3 is 1. The molecular weight excluding hydrogens is 463 g/mol. The number of nitrogens with zero attached hydrogens (tertiary/aromatic N) is 3. The van der Waals surface area contributed by atoms with Crippen LogP contribution >= 0.6 is 0 Å². The molecule has 5 rings (SSSR count). The minimum absolute atomic E-state index is 0.0457. The molecule has 2 aromatic carbocycles. The maximum atomic E-state index is 13.5. The smallest absolute Gasteiger partial charge is 0.246 e. The van der Waals surface area contributed by atoms with Crippen molar-refractivity contribution in [1.29, 1.82) is 0 Å². The highest BCUT2D eigenvalue weighted by Crippen LogP contribution is 2.32. The van der Waals surface area contributed by atoms with Crippen LogP contribution in [0.25, 0.3) is 16.9 Å². The standard InChI is InChI=1S/C27H25FN4O4/c1-35-22-12-6-18(7-13-22)24-16-32(21-10-8-20(28)9-11-21)27(29-24)30-25(33)17-31(26(34)19-4-5-19)15-23-3-2-14-36-23/h2-3,6-14,16,19H,4-5,15,17H2,1H3,(H,29,30,33). The highest BCUT2D eigenvalue weighted by Gasteiger charge is 2.34. The molecule has 8 nitrogen and oxygen atoms in total. The van der Waals surface area contributed by atoms with Crippen LogP contribution in [-0.4, -0.2) is 39.9 Å². The van der Waals surface area contributed by atoms with Gasteiger partial charge in [-0.05, 0) is 73.5 Å². The molecule has 0 unspecified atom stereocenters. The number of halogens is 1. The van der Waals surface area contributed by atoms with Gasteiger partial charge in [0.15, 0.2) is 0 Å². The van der Waals surface area contributed by atoms with Crippen LogP contribution in [0.3, 0.4) is 0 Å².